The number of nitrogens with one attached hydrogen (secondary N) is 1. The van der Waals surface area contributed by atoms with Crippen LogP contribution in [0.1, 0.15) is 11.1 Å². The number of methoxy groups -OCH3 is 1. The van der Waals surface area contributed by atoms with E-state index in [2.05, 4.69) is 55.2 Å². The summed E-state index contributed by atoms with van der Waals surface area (Å²) in [5.74, 6) is -0.486. The molecule has 0 fully saturated rings. The molecule has 9 heteroatoms. The molecule has 0 saturated heterocycles. The Balaban J connectivity index is 2.26. The number of amides is 1. The fourth-order valence-electron chi connectivity index (χ4n) is 2.22. The van der Waals surface area contributed by atoms with Gasteiger partial charge >= 0.3 is 5.97 Å². The standard InChI is InChI=1S/C20H15ClI2N2O4/c1-11-3-4-14(21)8-17(11)25-20(27)13(9-24)5-12-6-15(22)19(16(23)7-12)29-10-18(26)28-2/h3-8H,10H2,1-2H3,(H,25,27)/b13-5+. The van der Waals surface area contributed by atoms with Gasteiger partial charge < -0.3 is 14.8 Å². The lowest BCUT2D eigenvalue weighted by atomic mass is 10.1. The highest BCUT2D eigenvalue weighted by Gasteiger charge is 2.14. The van der Waals surface area contributed by atoms with Gasteiger partial charge in [0.25, 0.3) is 5.91 Å². The van der Waals surface area contributed by atoms with Crippen LogP contribution >= 0.6 is 56.8 Å². The van der Waals surface area contributed by atoms with E-state index in [9.17, 15) is 14.9 Å². The monoisotopic (exact) mass is 636 g/mol. The third kappa shape index (κ3) is 6.58. The summed E-state index contributed by atoms with van der Waals surface area (Å²) < 4.78 is 11.5. The number of aryl methyl sites for hydroxylation is 1. The topological polar surface area (TPSA) is 88.4 Å². The lowest BCUT2D eigenvalue weighted by Crippen LogP contribution is -2.14. The number of esters is 1. The van der Waals surface area contributed by atoms with Crippen LogP contribution in [0.4, 0.5) is 5.69 Å². The predicted octanol–water partition coefficient (Wildman–Crippen LogP) is 4.96. The Bertz CT molecular complexity index is 1010. The zero-order valence-corrected chi connectivity index (χ0v) is 20.5. The van der Waals surface area contributed by atoms with Crippen LogP contribution in [-0.4, -0.2) is 25.6 Å². The zero-order chi connectivity index (χ0) is 21.6. The van der Waals surface area contributed by atoms with E-state index < -0.39 is 11.9 Å². The highest BCUT2D eigenvalue weighted by atomic mass is 127. The number of hydrogen-bond donors (Lipinski definition) is 1. The van der Waals surface area contributed by atoms with Crippen molar-refractivity contribution in [1.82, 2.24) is 0 Å². The number of ether oxygens (including phenoxy) is 2. The minimum Gasteiger partial charge on any atom is -0.480 e. The van der Waals surface area contributed by atoms with Crippen molar-refractivity contribution in [2.75, 3.05) is 19.0 Å². The lowest BCUT2D eigenvalue weighted by Gasteiger charge is -2.11. The molecule has 2 rings (SSSR count). The first-order valence-electron chi connectivity index (χ1n) is 8.13. The quantitative estimate of drug-likeness (QED) is 0.210. The summed E-state index contributed by atoms with van der Waals surface area (Å²) in [5, 5.41) is 12.6. The second-order valence-electron chi connectivity index (χ2n) is 5.76. The second kappa shape index (κ2) is 10.8. The van der Waals surface area contributed by atoms with Gasteiger partial charge in [-0.2, -0.15) is 5.26 Å². The van der Waals surface area contributed by atoms with Crippen molar-refractivity contribution in [3.63, 3.8) is 0 Å². The lowest BCUT2D eigenvalue weighted by molar-refractivity contribution is -0.142. The minimum atomic E-state index is -0.533. The molecule has 0 aromatic heterocycles. The van der Waals surface area contributed by atoms with Gasteiger partial charge in [-0.05, 0) is 93.6 Å². The number of halogens is 3. The summed E-state index contributed by atoms with van der Waals surface area (Å²) in [7, 11) is 1.29. The van der Waals surface area contributed by atoms with Gasteiger partial charge in [-0.15, -0.1) is 0 Å². The Morgan fingerprint density at radius 1 is 1.24 bits per heavy atom. The molecule has 1 N–H and O–H groups in total. The number of carbonyl (C=O) groups is 2. The first-order valence-corrected chi connectivity index (χ1v) is 10.7. The SMILES string of the molecule is COC(=O)COc1c(I)cc(/C=C(\C#N)C(=O)Nc2cc(Cl)ccc2C)cc1I. The van der Waals surface area contributed by atoms with Gasteiger partial charge in [0.05, 0.1) is 14.3 Å². The molecule has 0 atom stereocenters. The van der Waals surface area contributed by atoms with Gasteiger partial charge in [0.15, 0.2) is 6.61 Å². The zero-order valence-electron chi connectivity index (χ0n) is 15.4. The molecule has 0 radical (unpaired) electrons. The molecule has 2 aromatic carbocycles. The van der Waals surface area contributed by atoms with E-state index in [4.69, 9.17) is 16.3 Å². The summed E-state index contributed by atoms with van der Waals surface area (Å²) >= 11 is 10.1. The fourth-order valence-corrected chi connectivity index (χ4v) is 4.52. The Labute approximate surface area is 200 Å². The molecular formula is C20H15ClI2N2O4. The predicted molar refractivity (Wildman–Crippen MR) is 128 cm³/mol. The van der Waals surface area contributed by atoms with Crippen molar-refractivity contribution in [1.29, 1.82) is 5.26 Å². The third-order valence-corrected chi connectivity index (χ3v) is 5.54. The van der Waals surface area contributed by atoms with Crippen molar-refractivity contribution in [2.45, 2.75) is 6.92 Å². The largest absolute Gasteiger partial charge is 0.480 e. The van der Waals surface area contributed by atoms with Crippen LogP contribution in [0.25, 0.3) is 6.08 Å². The van der Waals surface area contributed by atoms with Crippen LogP contribution in [-0.2, 0) is 14.3 Å². The molecule has 0 heterocycles. The van der Waals surface area contributed by atoms with Crippen molar-refractivity contribution >= 4 is 80.4 Å². The van der Waals surface area contributed by atoms with Crippen LogP contribution in [0.15, 0.2) is 35.9 Å². The van der Waals surface area contributed by atoms with Gasteiger partial charge in [0, 0.05) is 10.7 Å². The van der Waals surface area contributed by atoms with Gasteiger partial charge in [0.2, 0.25) is 0 Å². The number of carbonyl (C=O) groups excluding carboxylic acids is 2. The Morgan fingerprint density at radius 3 is 2.48 bits per heavy atom. The highest BCUT2D eigenvalue weighted by molar-refractivity contribution is 14.1. The van der Waals surface area contributed by atoms with Crippen molar-refractivity contribution < 1.29 is 19.1 Å². The van der Waals surface area contributed by atoms with Gasteiger partial charge in [-0.25, -0.2) is 4.79 Å². The fraction of sp³-hybridized carbons (Fsp3) is 0.150. The van der Waals surface area contributed by atoms with Crippen LogP contribution in [0.5, 0.6) is 5.75 Å². The van der Waals surface area contributed by atoms with E-state index in [1.54, 1.807) is 30.3 Å². The second-order valence-corrected chi connectivity index (χ2v) is 8.52. The number of benzene rings is 2. The molecule has 1 amide bonds. The van der Waals surface area contributed by atoms with Crippen molar-refractivity contribution in [3.8, 4) is 11.8 Å². The van der Waals surface area contributed by atoms with E-state index >= 15 is 0 Å². The number of nitriles is 1. The molecule has 0 aliphatic carbocycles. The molecule has 0 aliphatic heterocycles. The first kappa shape index (κ1) is 23.4. The molecule has 2 aromatic rings. The normalized spacial score (nSPS) is 10.8. The Morgan fingerprint density at radius 2 is 1.90 bits per heavy atom. The molecular weight excluding hydrogens is 621 g/mol. The molecule has 6 nitrogen and oxygen atoms in total. The van der Waals surface area contributed by atoms with E-state index in [0.717, 1.165) is 12.7 Å². The summed E-state index contributed by atoms with van der Waals surface area (Å²) in [6.07, 6.45) is 1.49. The molecule has 29 heavy (non-hydrogen) atoms. The molecule has 0 aliphatic rings. The van der Waals surface area contributed by atoms with Crippen LogP contribution in [0, 0.1) is 25.4 Å². The Kier molecular flexibility index (Phi) is 8.73. The maximum atomic E-state index is 12.5. The number of rotatable bonds is 6. The van der Waals surface area contributed by atoms with E-state index in [1.807, 2.05) is 13.0 Å². The summed E-state index contributed by atoms with van der Waals surface area (Å²) in [6, 6.07) is 10.6. The van der Waals surface area contributed by atoms with E-state index in [0.29, 0.717) is 22.0 Å². The van der Waals surface area contributed by atoms with Gasteiger partial charge in [-0.3, -0.25) is 4.79 Å². The number of hydrogen-bond acceptors (Lipinski definition) is 5. The van der Waals surface area contributed by atoms with Gasteiger partial charge in [0.1, 0.15) is 17.4 Å². The highest BCUT2D eigenvalue weighted by Crippen LogP contribution is 2.30. The maximum absolute atomic E-state index is 12.5. The number of anilines is 1. The first-order chi connectivity index (χ1) is 13.7. The molecule has 0 saturated carbocycles. The minimum absolute atomic E-state index is 0.0563. The third-order valence-electron chi connectivity index (χ3n) is 3.71. The van der Waals surface area contributed by atoms with E-state index in [-0.39, 0.29) is 12.2 Å². The van der Waals surface area contributed by atoms with Crippen LogP contribution in [0.2, 0.25) is 5.02 Å². The smallest absolute Gasteiger partial charge is 0.343 e. The van der Waals surface area contributed by atoms with E-state index in [1.165, 1.54) is 13.2 Å². The van der Waals surface area contributed by atoms with Gasteiger partial charge in [-0.1, -0.05) is 17.7 Å². The maximum Gasteiger partial charge on any atom is 0.343 e. The average Bonchev–Trinajstić information content (AvgIpc) is 2.67. The number of nitrogens with zero attached hydrogens (tertiary/aromatic N) is 1. The molecule has 0 spiro atoms. The van der Waals surface area contributed by atoms with Crippen LogP contribution < -0.4 is 10.1 Å². The van der Waals surface area contributed by atoms with Crippen molar-refractivity contribution in [3.05, 3.63) is 59.2 Å². The molecule has 150 valence electrons. The average molecular weight is 637 g/mol. The molecule has 0 bridgehead atoms. The Hall–Kier alpha value is -1.84. The van der Waals surface area contributed by atoms with Crippen molar-refractivity contribution in [2.24, 2.45) is 0 Å². The summed E-state index contributed by atoms with van der Waals surface area (Å²) in [5.41, 5.74) is 1.97. The summed E-state index contributed by atoms with van der Waals surface area (Å²) in [4.78, 5) is 23.8. The summed E-state index contributed by atoms with van der Waals surface area (Å²) in [6.45, 7) is 1.63. The van der Waals surface area contributed by atoms with Crippen LogP contribution in [0.3, 0.4) is 0 Å². The molecule has 0 unspecified atom stereocenters.